The lowest BCUT2D eigenvalue weighted by Crippen LogP contribution is -2.31. The van der Waals surface area contributed by atoms with Crippen LogP contribution in [0.3, 0.4) is 0 Å². The van der Waals surface area contributed by atoms with E-state index in [9.17, 15) is 9.18 Å². The van der Waals surface area contributed by atoms with E-state index in [1.807, 2.05) is 24.0 Å². The summed E-state index contributed by atoms with van der Waals surface area (Å²) in [6.07, 6.45) is 1.78. The van der Waals surface area contributed by atoms with Crippen molar-refractivity contribution in [1.82, 2.24) is 4.90 Å². The lowest BCUT2D eigenvalue weighted by molar-refractivity contribution is 0.0734. The van der Waals surface area contributed by atoms with Crippen molar-refractivity contribution in [3.63, 3.8) is 0 Å². The van der Waals surface area contributed by atoms with Crippen LogP contribution in [0.25, 0.3) is 0 Å². The number of anilines is 1. The second-order valence-electron chi connectivity index (χ2n) is 5.79. The van der Waals surface area contributed by atoms with Crippen LogP contribution in [-0.2, 0) is 0 Å². The number of rotatable bonds is 2. The normalized spacial score (nSPS) is 17.0. The Morgan fingerprint density at radius 1 is 1.26 bits per heavy atom. The fraction of sp³-hybridized carbons (Fsp3) is 0.278. The van der Waals surface area contributed by atoms with E-state index in [1.54, 1.807) is 18.2 Å². The maximum atomic E-state index is 13.5. The second-order valence-corrected chi connectivity index (χ2v) is 5.79. The maximum Gasteiger partial charge on any atom is 0.254 e. The summed E-state index contributed by atoms with van der Waals surface area (Å²) in [4.78, 5) is 14.7. The monoisotopic (exact) mass is 334 g/mol. The number of nitrogens with zero attached hydrogens (tertiary/aromatic N) is 1. The lowest BCUT2D eigenvalue weighted by Gasteiger charge is -2.26. The molecule has 23 heavy (non-hydrogen) atoms. The molecule has 1 atom stereocenters. The first-order valence-electron chi connectivity index (χ1n) is 7.49. The Morgan fingerprint density at radius 3 is 2.78 bits per heavy atom. The van der Waals surface area contributed by atoms with E-state index in [-0.39, 0.29) is 30.2 Å². The molecule has 1 heterocycles. The van der Waals surface area contributed by atoms with E-state index in [1.165, 1.54) is 12.1 Å². The highest BCUT2D eigenvalue weighted by atomic mass is 35.5. The third-order valence-electron chi connectivity index (χ3n) is 4.24. The predicted octanol–water partition coefficient (Wildman–Crippen LogP) is 4.12. The average molecular weight is 335 g/mol. The van der Waals surface area contributed by atoms with Crippen LogP contribution >= 0.6 is 12.4 Å². The third-order valence-corrected chi connectivity index (χ3v) is 4.24. The average Bonchev–Trinajstić information content (AvgIpc) is 2.98. The van der Waals surface area contributed by atoms with Gasteiger partial charge in [0.1, 0.15) is 5.82 Å². The molecular formula is C18H20ClFN2O. The molecule has 2 aromatic rings. The fourth-order valence-electron chi connectivity index (χ4n) is 3.09. The number of hydrogen-bond acceptors (Lipinski definition) is 2. The van der Waals surface area contributed by atoms with Gasteiger partial charge in [0.2, 0.25) is 0 Å². The van der Waals surface area contributed by atoms with E-state index in [0.717, 1.165) is 24.0 Å². The molecule has 0 aliphatic carbocycles. The molecule has 1 aliphatic heterocycles. The van der Waals surface area contributed by atoms with Crippen LogP contribution in [-0.4, -0.2) is 17.4 Å². The molecule has 1 fully saturated rings. The molecule has 1 aliphatic rings. The van der Waals surface area contributed by atoms with Crippen LogP contribution in [0.2, 0.25) is 0 Å². The van der Waals surface area contributed by atoms with Gasteiger partial charge >= 0.3 is 0 Å². The molecule has 0 bridgehead atoms. The topological polar surface area (TPSA) is 46.3 Å². The van der Waals surface area contributed by atoms with E-state index in [2.05, 4.69) is 0 Å². The van der Waals surface area contributed by atoms with E-state index in [4.69, 9.17) is 5.73 Å². The predicted molar refractivity (Wildman–Crippen MR) is 92.3 cm³/mol. The molecule has 0 radical (unpaired) electrons. The highest BCUT2D eigenvalue weighted by Crippen LogP contribution is 2.34. The minimum absolute atomic E-state index is 0. The standard InChI is InChI=1S/C18H19FN2O.ClH/c1-12-7-8-15(20)11-16(12)18(22)21-9-3-6-17(21)13-4-2-5-14(19)10-13;/h2,4-5,7-8,10-11,17H,3,6,9,20H2,1H3;1H. The summed E-state index contributed by atoms with van der Waals surface area (Å²) in [6, 6.07) is 11.8. The van der Waals surface area contributed by atoms with Crippen LogP contribution in [0.5, 0.6) is 0 Å². The Labute approximate surface area is 141 Å². The zero-order valence-electron chi connectivity index (χ0n) is 13.0. The van der Waals surface area contributed by atoms with Gasteiger partial charge in [-0.2, -0.15) is 0 Å². The number of likely N-dealkylation sites (tertiary alicyclic amines) is 1. The number of carbonyl (C=O) groups excluding carboxylic acids is 1. The van der Waals surface area contributed by atoms with Gasteiger partial charge in [0.25, 0.3) is 5.91 Å². The molecule has 1 unspecified atom stereocenters. The maximum absolute atomic E-state index is 13.5. The van der Waals surface area contributed by atoms with Gasteiger partial charge in [-0.15, -0.1) is 12.4 Å². The summed E-state index contributed by atoms with van der Waals surface area (Å²) in [5, 5.41) is 0. The lowest BCUT2D eigenvalue weighted by atomic mass is 10.0. The van der Waals surface area contributed by atoms with Gasteiger partial charge in [-0.3, -0.25) is 4.79 Å². The molecule has 0 aromatic heterocycles. The second kappa shape index (κ2) is 7.01. The van der Waals surface area contributed by atoms with Crippen molar-refractivity contribution < 1.29 is 9.18 Å². The SMILES string of the molecule is Cc1ccc(N)cc1C(=O)N1CCCC1c1cccc(F)c1.Cl. The van der Waals surface area contributed by atoms with Crippen LogP contribution in [0.15, 0.2) is 42.5 Å². The summed E-state index contributed by atoms with van der Waals surface area (Å²) in [6.45, 7) is 2.59. The van der Waals surface area contributed by atoms with Crippen molar-refractivity contribution in [1.29, 1.82) is 0 Å². The Bertz CT molecular complexity index is 720. The number of hydrogen-bond donors (Lipinski definition) is 1. The molecule has 3 nitrogen and oxygen atoms in total. The van der Waals surface area contributed by atoms with Crippen molar-refractivity contribution >= 4 is 24.0 Å². The number of nitrogens with two attached hydrogens (primary N) is 1. The molecule has 2 N–H and O–H groups in total. The van der Waals surface area contributed by atoms with Crippen molar-refractivity contribution in [3.8, 4) is 0 Å². The quantitative estimate of drug-likeness (QED) is 0.840. The van der Waals surface area contributed by atoms with Gasteiger partial charge in [0.05, 0.1) is 6.04 Å². The zero-order chi connectivity index (χ0) is 15.7. The van der Waals surface area contributed by atoms with Gasteiger partial charge < -0.3 is 10.6 Å². The van der Waals surface area contributed by atoms with Gasteiger partial charge in [0, 0.05) is 17.8 Å². The molecule has 2 aromatic carbocycles. The van der Waals surface area contributed by atoms with Gasteiger partial charge in [-0.05, 0) is 55.2 Å². The summed E-state index contributed by atoms with van der Waals surface area (Å²) in [5.41, 5.74) is 8.78. The van der Waals surface area contributed by atoms with Gasteiger partial charge in [-0.1, -0.05) is 18.2 Å². The first-order valence-corrected chi connectivity index (χ1v) is 7.49. The fourth-order valence-corrected chi connectivity index (χ4v) is 3.09. The molecule has 5 heteroatoms. The number of halogens is 2. The van der Waals surface area contributed by atoms with Crippen LogP contribution in [0, 0.1) is 12.7 Å². The number of nitrogen functional groups attached to an aromatic ring is 1. The van der Waals surface area contributed by atoms with Crippen LogP contribution in [0.4, 0.5) is 10.1 Å². The summed E-state index contributed by atoms with van der Waals surface area (Å²) in [7, 11) is 0. The van der Waals surface area contributed by atoms with Gasteiger partial charge in [-0.25, -0.2) is 4.39 Å². The minimum Gasteiger partial charge on any atom is -0.399 e. The molecule has 1 saturated heterocycles. The Kier molecular flexibility index (Phi) is 5.26. The van der Waals surface area contributed by atoms with Crippen molar-refractivity contribution in [2.75, 3.05) is 12.3 Å². The van der Waals surface area contributed by atoms with E-state index < -0.39 is 0 Å². The molecule has 1 amide bonds. The van der Waals surface area contributed by atoms with Crippen LogP contribution in [0.1, 0.15) is 40.4 Å². The number of benzene rings is 2. The molecule has 122 valence electrons. The van der Waals surface area contributed by atoms with Crippen molar-refractivity contribution in [2.24, 2.45) is 0 Å². The summed E-state index contributed by atoms with van der Waals surface area (Å²) < 4.78 is 13.5. The number of aryl methyl sites for hydroxylation is 1. The highest BCUT2D eigenvalue weighted by molar-refractivity contribution is 5.97. The summed E-state index contributed by atoms with van der Waals surface area (Å²) >= 11 is 0. The minimum atomic E-state index is -0.267. The Morgan fingerprint density at radius 2 is 2.04 bits per heavy atom. The molecule has 0 saturated carbocycles. The molecule has 0 spiro atoms. The van der Waals surface area contributed by atoms with E-state index in [0.29, 0.717) is 17.8 Å². The zero-order valence-corrected chi connectivity index (χ0v) is 13.8. The summed E-state index contributed by atoms with van der Waals surface area (Å²) in [5.74, 6) is -0.298. The molecule has 3 rings (SSSR count). The largest absolute Gasteiger partial charge is 0.399 e. The van der Waals surface area contributed by atoms with Crippen LogP contribution < -0.4 is 5.73 Å². The Balaban J connectivity index is 0.00000192. The number of amides is 1. The molecular weight excluding hydrogens is 315 g/mol. The Hall–Kier alpha value is -2.07. The smallest absolute Gasteiger partial charge is 0.254 e. The van der Waals surface area contributed by atoms with E-state index >= 15 is 0 Å². The van der Waals surface area contributed by atoms with Gasteiger partial charge in [0.15, 0.2) is 0 Å². The highest BCUT2D eigenvalue weighted by Gasteiger charge is 2.31. The first kappa shape index (κ1) is 17.3. The third kappa shape index (κ3) is 3.48. The van der Waals surface area contributed by atoms with Crippen molar-refractivity contribution in [3.05, 3.63) is 65.0 Å². The van der Waals surface area contributed by atoms with Crippen molar-refractivity contribution in [2.45, 2.75) is 25.8 Å². The number of carbonyl (C=O) groups is 1. The first-order chi connectivity index (χ1) is 10.6.